The molecular weight excluding hydrogens is 444 g/mol. The highest BCUT2D eigenvalue weighted by molar-refractivity contribution is 7.89. The number of carbonyl (C=O) groups excluding carboxylic acids is 2. The molecule has 1 heterocycles. The Kier molecular flexibility index (Phi) is 7.93. The van der Waals surface area contributed by atoms with Crippen molar-refractivity contribution in [2.75, 3.05) is 43.0 Å². The Hall–Kier alpha value is -3.11. The highest BCUT2D eigenvalue weighted by Crippen LogP contribution is 2.32. The maximum absolute atomic E-state index is 13.0. The van der Waals surface area contributed by atoms with Gasteiger partial charge in [0.05, 0.1) is 16.3 Å². The molecule has 2 amide bonds. The first-order chi connectivity index (χ1) is 15.8. The monoisotopic (exact) mass is 474 g/mol. The third-order valence-electron chi connectivity index (χ3n) is 5.52. The molecule has 33 heavy (non-hydrogen) atoms. The quantitative estimate of drug-likeness (QED) is 0.545. The predicted molar refractivity (Wildman–Crippen MR) is 127 cm³/mol. The van der Waals surface area contributed by atoms with Crippen molar-refractivity contribution in [1.82, 2.24) is 4.31 Å². The number of primary amides is 1. The summed E-state index contributed by atoms with van der Waals surface area (Å²) in [6.45, 7) is 5.64. The third kappa shape index (κ3) is 5.82. The van der Waals surface area contributed by atoms with E-state index in [0.717, 1.165) is 31.6 Å². The maximum atomic E-state index is 13.0. The Bertz CT molecular complexity index is 1110. The van der Waals surface area contributed by atoms with E-state index in [2.05, 4.69) is 10.2 Å². The summed E-state index contributed by atoms with van der Waals surface area (Å²) < 4.78 is 32.9. The van der Waals surface area contributed by atoms with E-state index in [4.69, 9.17) is 10.5 Å². The minimum atomic E-state index is -3.68. The van der Waals surface area contributed by atoms with Gasteiger partial charge in [-0.2, -0.15) is 4.31 Å². The number of nitrogens with one attached hydrogen (secondary N) is 1. The minimum absolute atomic E-state index is 0.125. The molecule has 0 unspecified atom stereocenters. The third-order valence-corrected chi connectivity index (χ3v) is 7.57. The molecule has 2 aromatic rings. The first-order valence-electron chi connectivity index (χ1n) is 11.0. The molecule has 0 aliphatic carbocycles. The molecule has 1 saturated heterocycles. The van der Waals surface area contributed by atoms with Crippen molar-refractivity contribution >= 4 is 33.2 Å². The second-order valence-electron chi connectivity index (χ2n) is 7.69. The largest absolute Gasteiger partial charge is 0.484 e. The van der Waals surface area contributed by atoms with Crippen LogP contribution >= 0.6 is 0 Å². The number of nitrogens with zero attached hydrogens (tertiary/aromatic N) is 2. The lowest BCUT2D eigenvalue weighted by atomic mass is 10.2. The molecule has 0 radical (unpaired) electrons. The molecule has 1 fully saturated rings. The van der Waals surface area contributed by atoms with Crippen LogP contribution in [-0.2, 0) is 14.8 Å². The van der Waals surface area contributed by atoms with Crippen molar-refractivity contribution < 1.29 is 22.7 Å². The highest BCUT2D eigenvalue weighted by Gasteiger charge is 2.25. The number of hydrogen-bond donors (Lipinski definition) is 2. The number of benzene rings is 2. The van der Waals surface area contributed by atoms with Gasteiger partial charge < -0.3 is 20.7 Å². The smallest absolute Gasteiger partial charge is 0.262 e. The van der Waals surface area contributed by atoms with Crippen LogP contribution in [0.3, 0.4) is 0 Å². The number of ether oxygens (including phenoxy) is 1. The minimum Gasteiger partial charge on any atom is -0.484 e. The first kappa shape index (κ1) is 24.5. The number of rotatable bonds is 10. The average molecular weight is 475 g/mol. The predicted octanol–water partition coefficient (Wildman–Crippen LogP) is 2.43. The molecule has 0 aromatic heterocycles. The molecule has 0 bridgehead atoms. The number of hydrogen-bond acceptors (Lipinski definition) is 6. The van der Waals surface area contributed by atoms with Crippen LogP contribution in [0.4, 0.5) is 11.4 Å². The molecule has 3 N–H and O–H groups in total. The molecule has 0 atom stereocenters. The molecule has 0 spiro atoms. The summed E-state index contributed by atoms with van der Waals surface area (Å²) in [5, 5.41) is 2.80. The summed E-state index contributed by atoms with van der Waals surface area (Å²) in [5.74, 6) is -0.706. The number of anilines is 2. The molecule has 10 heteroatoms. The summed E-state index contributed by atoms with van der Waals surface area (Å²) in [5.41, 5.74) is 6.75. The SMILES string of the molecule is CCN(CC)S(=O)(=O)c1ccc(N2CCCC2)c(NC(=O)COc2cccc(C(N)=O)c2)c1. The maximum Gasteiger partial charge on any atom is 0.262 e. The summed E-state index contributed by atoms with van der Waals surface area (Å²) in [4.78, 5) is 26.3. The molecule has 3 rings (SSSR count). The normalized spacial score (nSPS) is 13.8. The second kappa shape index (κ2) is 10.7. The Labute approximate surface area is 194 Å². The summed E-state index contributed by atoms with van der Waals surface area (Å²) >= 11 is 0. The van der Waals surface area contributed by atoms with Gasteiger partial charge in [0.15, 0.2) is 6.61 Å². The van der Waals surface area contributed by atoms with Crippen LogP contribution in [0.5, 0.6) is 5.75 Å². The second-order valence-corrected chi connectivity index (χ2v) is 9.63. The van der Waals surface area contributed by atoms with Crippen LogP contribution in [0, 0.1) is 0 Å². The lowest BCUT2D eigenvalue weighted by Crippen LogP contribution is -2.31. The van der Waals surface area contributed by atoms with Gasteiger partial charge in [0.2, 0.25) is 15.9 Å². The number of nitrogens with two attached hydrogens (primary N) is 1. The van der Waals surface area contributed by atoms with Gasteiger partial charge in [0, 0.05) is 31.7 Å². The summed E-state index contributed by atoms with van der Waals surface area (Å²) in [6, 6.07) is 11.1. The fourth-order valence-electron chi connectivity index (χ4n) is 3.80. The molecule has 9 nitrogen and oxygen atoms in total. The van der Waals surface area contributed by atoms with Gasteiger partial charge in [-0.1, -0.05) is 19.9 Å². The summed E-state index contributed by atoms with van der Waals surface area (Å²) in [7, 11) is -3.68. The Morgan fingerprint density at radius 2 is 1.79 bits per heavy atom. The van der Waals surface area contributed by atoms with Gasteiger partial charge in [-0.05, 0) is 49.2 Å². The van der Waals surface area contributed by atoms with Crippen LogP contribution in [0.1, 0.15) is 37.0 Å². The van der Waals surface area contributed by atoms with Crippen molar-refractivity contribution in [3.63, 3.8) is 0 Å². The Morgan fingerprint density at radius 1 is 1.09 bits per heavy atom. The van der Waals surface area contributed by atoms with Crippen LogP contribution in [0.2, 0.25) is 0 Å². The van der Waals surface area contributed by atoms with E-state index in [1.807, 2.05) is 0 Å². The van der Waals surface area contributed by atoms with E-state index in [1.165, 1.54) is 16.4 Å². The lowest BCUT2D eigenvalue weighted by molar-refractivity contribution is -0.118. The lowest BCUT2D eigenvalue weighted by Gasteiger charge is -2.24. The number of sulfonamides is 1. The van der Waals surface area contributed by atoms with Crippen LogP contribution < -0.4 is 20.7 Å². The Balaban J connectivity index is 1.82. The first-order valence-corrected chi connectivity index (χ1v) is 12.4. The van der Waals surface area contributed by atoms with E-state index in [0.29, 0.717) is 24.5 Å². The topological polar surface area (TPSA) is 122 Å². The van der Waals surface area contributed by atoms with E-state index in [-0.39, 0.29) is 17.1 Å². The van der Waals surface area contributed by atoms with Crippen LogP contribution in [-0.4, -0.2) is 57.3 Å². The summed E-state index contributed by atoms with van der Waals surface area (Å²) in [6.07, 6.45) is 2.07. The van der Waals surface area contributed by atoms with Crippen molar-refractivity contribution in [2.24, 2.45) is 5.73 Å². The van der Waals surface area contributed by atoms with Gasteiger partial charge in [-0.15, -0.1) is 0 Å². The number of carbonyl (C=O) groups is 2. The zero-order valence-electron chi connectivity index (χ0n) is 18.9. The average Bonchev–Trinajstić information content (AvgIpc) is 3.33. The zero-order chi connectivity index (χ0) is 24.0. The van der Waals surface area contributed by atoms with E-state index in [9.17, 15) is 18.0 Å². The molecule has 1 aliphatic rings. The van der Waals surface area contributed by atoms with E-state index < -0.39 is 21.8 Å². The van der Waals surface area contributed by atoms with Gasteiger partial charge in [0.25, 0.3) is 5.91 Å². The molecule has 0 saturated carbocycles. The van der Waals surface area contributed by atoms with Crippen LogP contribution in [0.25, 0.3) is 0 Å². The van der Waals surface area contributed by atoms with E-state index in [1.54, 1.807) is 44.2 Å². The molecule has 178 valence electrons. The van der Waals surface area contributed by atoms with E-state index >= 15 is 0 Å². The molecule has 2 aromatic carbocycles. The van der Waals surface area contributed by atoms with Crippen molar-refractivity contribution in [2.45, 2.75) is 31.6 Å². The van der Waals surface area contributed by atoms with Crippen molar-refractivity contribution in [1.29, 1.82) is 0 Å². The fourth-order valence-corrected chi connectivity index (χ4v) is 5.28. The number of amides is 2. The van der Waals surface area contributed by atoms with Gasteiger partial charge >= 0.3 is 0 Å². The standard InChI is InChI=1S/C23H30N4O5S/c1-3-27(4-2)33(30,31)19-10-11-21(26-12-5-6-13-26)20(15-19)25-22(28)16-32-18-9-7-8-17(14-18)23(24)29/h7-11,14-15H,3-6,12-13,16H2,1-2H3,(H2,24,29)(H,25,28). The highest BCUT2D eigenvalue weighted by atomic mass is 32.2. The molecular formula is C23H30N4O5S. The fraction of sp³-hybridized carbons (Fsp3) is 0.391. The Morgan fingerprint density at radius 3 is 2.42 bits per heavy atom. The van der Waals surface area contributed by atoms with Crippen molar-refractivity contribution in [3.8, 4) is 5.75 Å². The van der Waals surface area contributed by atoms with Gasteiger partial charge in [-0.3, -0.25) is 9.59 Å². The zero-order valence-corrected chi connectivity index (χ0v) is 19.7. The molecule has 1 aliphatic heterocycles. The van der Waals surface area contributed by atoms with Gasteiger partial charge in [0.1, 0.15) is 5.75 Å². The van der Waals surface area contributed by atoms with Gasteiger partial charge in [-0.25, -0.2) is 8.42 Å². The van der Waals surface area contributed by atoms with Crippen molar-refractivity contribution in [3.05, 3.63) is 48.0 Å². The van der Waals surface area contributed by atoms with Crippen LogP contribution in [0.15, 0.2) is 47.4 Å².